The van der Waals surface area contributed by atoms with Gasteiger partial charge in [0.05, 0.1) is 5.56 Å². The van der Waals surface area contributed by atoms with Crippen molar-refractivity contribution in [1.29, 1.82) is 0 Å². The molecule has 122 valence electrons. The minimum absolute atomic E-state index is 0.0270. The molecule has 3 rings (SSSR count). The molecular formula is C16H11ClFN3OS2. The number of nitrogens with one attached hydrogen (secondary N) is 1. The summed E-state index contributed by atoms with van der Waals surface area (Å²) < 4.78 is 14.3. The van der Waals surface area contributed by atoms with Crippen LogP contribution in [0.2, 0.25) is 5.02 Å². The van der Waals surface area contributed by atoms with E-state index in [0.717, 1.165) is 5.56 Å². The number of anilines is 1. The van der Waals surface area contributed by atoms with E-state index in [-0.39, 0.29) is 5.56 Å². The van der Waals surface area contributed by atoms with Crippen LogP contribution < -0.4 is 5.32 Å². The van der Waals surface area contributed by atoms with Crippen LogP contribution in [-0.2, 0) is 5.75 Å². The van der Waals surface area contributed by atoms with Gasteiger partial charge in [-0.1, -0.05) is 59.0 Å². The third-order valence-corrected chi connectivity index (χ3v) is 5.27. The van der Waals surface area contributed by atoms with Gasteiger partial charge in [0.15, 0.2) is 4.34 Å². The van der Waals surface area contributed by atoms with E-state index >= 15 is 0 Å². The highest BCUT2D eigenvalue weighted by atomic mass is 35.5. The number of carbonyl (C=O) groups is 1. The second-order valence-corrected chi connectivity index (χ2v) is 7.36. The van der Waals surface area contributed by atoms with Gasteiger partial charge in [-0.2, -0.15) is 0 Å². The maximum atomic E-state index is 13.6. The Morgan fingerprint density at radius 3 is 2.83 bits per heavy atom. The lowest BCUT2D eigenvalue weighted by molar-refractivity contribution is 0.102. The van der Waals surface area contributed by atoms with Crippen molar-refractivity contribution < 1.29 is 9.18 Å². The molecule has 3 aromatic rings. The molecule has 1 N–H and O–H groups in total. The molecule has 0 fully saturated rings. The summed E-state index contributed by atoms with van der Waals surface area (Å²) in [6.07, 6.45) is 0. The highest BCUT2D eigenvalue weighted by Gasteiger charge is 2.13. The Hall–Kier alpha value is -1.96. The van der Waals surface area contributed by atoms with Crippen LogP contribution in [0.1, 0.15) is 15.9 Å². The van der Waals surface area contributed by atoms with Gasteiger partial charge in [-0.15, -0.1) is 10.2 Å². The molecule has 0 atom stereocenters. The molecule has 0 aliphatic heterocycles. The molecular weight excluding hydrogens is 369 g/mol. The van der Waals surface area contributed by atoms with Crippen molar-refractivity contribution in [3.63, 3.8) is 0 Å². The minimum atomic E-state index is -0.574. The number of nitrogens with zero attached hydrogens (tertiary/aromatic N) is 2. The zero-order valence-corrected chi connectivity index (χ0v) is 14.6. The lowest BCUT2D eigenvalue weighted by Crippen LogP contribution is -2.13. The normalized spacial score (nSPS) is 10.6. The molecule has 0 unspecified atom stereocenters. The van der Waals surface area contributed by atoms with Crippen LogP contribution >= 0.6 is 34.7 Å². The van der Waals surface area contributed by atoms with Gasteiger partial charge >= 0.3 is 0 Å². The molecule has 0 bridgehead atoms. The van der Waals surface area contributed by atoms with Crippen molar-refractivity contribution in [2.24, 2.45) is 0 Å². The first-order valence-corrected chi connectivity index (χ1v) is 9.06. The number of hydrogen-bond donors (Lipinski definition) is 1. The first kappa shape index (κ1) is 16.9. The summed E-state index contributed by atoms with van der Waals surface area (Å²) in [5.41, 5.74) is 1.04. The molecule has 2 aromatic carbocycles. The van der Waals surface area contributed by atoms with Crippen molar-refractivity contribution in [3.8, 4) is 0 Å². The van der Waals surface area contributed by atoms with Crippen LogP contribution in [0.4, 0.5) is 9.52 Å². The Labute approximate surface area is 151 Å². The average Bonchev–Trinajstić information content (AvgIpc) is 3.01. The maximum absolute atomic E-state index is 13.6. The number of hydrogen-bond acceptors (Lipinski definition) is 5. The topological polar surface area (TPSA) is 54.9 Å². The van der Waals surface area contributed by atoms with Gasteiger partial charge in [-0.05, 0) is 29.8 Å². The summed E-state index contributed by atoms with van der Waals surface area (Å²) in [5.74, 6) is -0.429. The second-order valence-electron chi connectivity index (χ2n) is 4.73. The van der Waals surface area contributed by atoms with E-state index in [1.54, 1.807) is 6.07 Å². The van der Waals surface area contributed by atoms with E-state index in [2.05, 4.69) is 15.5 Å². The molecule has 1 heterocycles. The summed E-state index contributed by atoms with van der Waals surface area (Å²) in [6.45, 7) is 0. The third kappa shape index (κ3) is 4.31. The number of rotatable bonds is 5. The average molecular weight is 380 g/mol. The molecule has 24 heavy (non-hydrogen) atoms. The van der Waals surface area contributed by atoms with E-state index in [4.69, 9.17) is 11.6 Å². The third-order valence-electron chi connectivity index (χ3n) is 3.00. The van der Waals surface area contributed by atoms with E-state index in [0.29, 0.717) is 20.2 Å². The smallest absolute Gasteiger partial charge is 0.260 e. The summed E-state index contributed by atoms with van der Waals surface area (Å²) in [4.78, 5) is 12.0. The number of benzene rings is 2. The van der Waals surface area contributed by atoms with Gasteiger partial charge in [0, 0.05) is 10.8 Å². The van der Waals surface area contributed by atoms with E-state index in [1.807, 2.05) is 24.3 Å². The lowest BCUT2D eigenvalue weighted by Gasteiger charge is -2.01. The molecule has 1 amide bonds. The number of halogens is 2. The Balaban J connectivity index is 1.61. The molecule has 0 aliphatic rings. The number of aromatic nitrogens is 2. The van der Waals surface area contributed by atoms with Gasteiger partial charge in [0.2, 0.25) is 5.13 Å². The van der Waals surface area contributed by atoms with Gasteiger partial charge in [0.1, 0.15) is 5.82 Å². The van der Waals surface area contributed by atoms with E-state index in [9.17, 15) is 9.18 Å². The summed E-state index contributed by atoms with van der Waals surface area (Å²) in [6, 6.07) is 13.3. The van der Waals surface area contributed by atoms with Gasteiger partial charge in [-0.3, -0.25) is 10.1 Å². The molecule has 0 aliphatic carbocycles. The first-order chi connectivity index (χ1) is 11.6. The van der Waals surface area contributed by atoms with Crippen LogP contribution in [-0.4, -0.2) is 16.1 Å². The highest BCUT2D eigenvalue weighted by Crippen LogP contribution is 2.29. The van der Waals surface area contributed by atoms with Crippen LogP contribution in [0.25, 0.3) is 0 Å². The molecule has 0 saturated carbocycles. The fourth-order valence-corrected chi connectivity index (χ4v) is 3.80. The van der Waals surface area contributed by atoms with Crippen molar-refractivity contribution in [3.05, 3.63) is 70.5 Å². The summed E-state index contributed by atoms with van der Waals surface area (Å²) >= 11 is 8.67. The highest BCUT2D eigenvalue weighted by molar-refractivity contribution is 8.00. The SMILES string of the molecule is O=C(Nc1nnc(SCc2cccc(Cl)c2)s1)c1ccccc1F. The van der Waals surface area contributed by atoms with E-state index in [1.165, 1.54) is 41.3 Å². The van der Waals surface area contributed by atoms with Gasteiger partial charge < -0.3 is 0 Å². The predicted molar refractivity (Wildman–Crippen MR) is 95.3 cm³/mol. The minimum Gasteiger partial charge on any atom is -0.296 e. The predicted octanol–water partition coefficient (Wildman–Crippen LogP) is 4.88. The monoisotopic (exact) mass is 379 g/mol. The van der Waals surface area contributed by atoms with Crippen molar-refractivity contribution in [2.45, 2.75) is 10.1 Å². The number of thioether (sulfide) groups is 1. The van der Waals surface area contributed by atoms with Crippen LogP contribution in [0.3, 0.4) is 0 Å². The Morgan fingerprint density at radius 2 is 2.04 bits per heavy atom. The molecule has 0 radical (unpaired) electrons. The van der Waals surface area contributed by atoms with Crippen molar-refractivity contribution in [2.75, 3.05) is 5.32 Å². The molecule has 8 heteroatoms. The van der Waals surface area contributed by atoms with Crippen molar-refractivity contribution >= 4 is 45.7 Å². The molecule has 4 nitrogen and oxygen atoms in total. The Morgan fingerprint density at radius 1 is 1.21 bits per heavy atom. The zero-order valence-electron chi connectivity index (χ0n) is 12.2. The quantitative estimate of drug-likeness (QED) is 0.507. The number of carbonyl (C=O) groups excluding carboxylic acids is 1. The first-order valence-electron chi connectivity index (χ1n) is 6.88. The molecule has 1 aromatic heterocycles. The molecule has 0 saturated heterocycles. The molecule has 0 spiro atoms. The fourth-order valence-electron chi connectivity index (χ4n) is 1.90. The Bertz CT molecular complexity index is 872. The van der Waals surface area contributed by atoms with Gasteiger partial charge in [-0.25, -0.2) is 4.39 Å². The maximum Gasteiger partial charge on any atom is 0.260 e. The fraction of sp³-hybridized carbons (Fsp3) is 0.0625. The second kappa shape index (κ2) is 7.74. The van der Waals surface area contributed by atoms with Crippen LogP contribution in [0.5, 0.6) is 0 Å². The standard InChI is InChI=1S/C16H11ClFN3OS2/c17-11-5-3-4-10(8-11)9-23-16-21-20-15(24-16)19-14(22)12-6-1-2-7-13(12)18/h1-8H,9H2,(H,19,20,22). The largest absolute Gasteiger partial charge is 0.296 e. The summed E-state index contributed by atoms with van der Waals surface area (Å²) in [5, 5.41) is 11.5. The Kier molecular flexibility index (Phi) is 5.44. The number of amides is 1. The summed E-state index contributed by atoms with van der Waals surface area (Å²) in [7, 11) is 0. The van der Waals surface area contributed by atoms with Crippen LogP contribution in [0.15, 0.2) is 52.9 Å². The lowest BCUT2D eigenvalue weighted by atomic mass is 10.2. The van der Waals surface area contributed by atoms with Crippen molar-refractivity contribution in [1.82, 2.24) is 10.2 Å². The van der Waals surface area contributed by atoms with E-state index < -0.39 is 11.7 Å². The van der Waals surface area contributed by atoms with Crippen LogP contribution in [0, 0.1) is 5.82 Å². The van der Waals surface area contributed by atoms with Gasteiger partial charge in [0.25, 0.3) is 5.91 Å². The zero-order chi connectivity index (χ0) is 16.9.